The van der Waals surface area contributed by atoms with Gasteiger partial charge in [0.2, 0.25) is 0 Å². The number of nitrogens with zero attached hydrogens (tertiary/aromatic N) is 2. The molecule has 0 fully saturated rings. The Kier molecular flexibility index (Phi) is 4.65. The first-order chi connectivity index (χ1) is 9.63. The average molecular weight is 285 g/mol. The van der Waals surface area contributed by atoms with Gasteiger partial charge in [0.1, 0.15) is 0 Å². The summed E-state index contributed by atoms with van der Waals surface area (Å²) < 4.78 is 0. The van der Waals surface area contributed by atoms with Gasteiger partial charge in [-0.3, -0.25) is 0 Å². The summed E-state index contributed by atoms with van der Waals surface area (Å²) in [6.07, 6.45) is 0. The van der Waals surface area contributed by atoms with Gasteiger partial charge in [-0.15, -0.1) is 0 Å². The van der Waals surface area contributed by atoms with Crippen LogP contribution in [0.4, 0.5) is 5.69 Å². The topological polar surface area (TPSA) is 27.0 Å². The standard InChI is InChI=1S/C17H17ClN2/c1-3-20(16-8-4-13(2)5-9-16)12-15-7-6-14(11-19)10-17(15)18/h4-10H,3,12H2,1-2H3. The first-order valence-corrected chi connectivity index (χ1v) is 7.02. The van der Waals surface area contributed by atoms with Gasteiger partial charge in [-0.05, 0) is 43.7 Å². The molecule has 20 heavy (non-hydrogen) atoms. The second-order valence-corrected chi connectivity index (χ2v) is 5.17. The molecule has 0 spiro atoms. The minimum Gasteiger partial charge on any atom is -0.367 e. The Bertz CT molecular complexity index is 626. The fourth-order valence-electron chi connectivity index (χ4n) is 2.09. The summed E-state index contributed by atoms with van der Waals surface area (Å²) in [4.78, 5) is 2.26. The van der Waals surface area contributed by atoms with E-state index in [1.807, 2.05) is 12.1 Å². The zero-order chi connectivity index (χ0) is 14.5. The zero-order valence-electron chi connectivity index (χ0n) is 11.7. The van der Waals surface area contributed by atoms with Crippen molar-refractivity contribution in [1.29, 1.82) is 5.26 Å². The summed E-state index contributed by atoms with van der Waals surface area (Å²) in [5.41, 5.74) is 4.06. The van der Waals surface area contributed by atoms with Crippen LogP contribution in [0.2, 0.25) is 5.02 Å². The molecule has 0 bridgehead atoms. The molecule has 0 N–H and O–H groups in total. The lowest BCUT2D eigenvalue weighted by Gasteiger charge is -2.24. The number of hydrogen-bond acceptors (Lipinski definition) is 2. The molecule has 102 valence electrons. The summed E-state index contributed by atoms with van der Waals surface area (Å²) in [6.45, 7) is 5.85. The number of halogens is 1. The van der Waals surface area contributed by atoms with Gasteiger partial charge < -0.3 is 4.90 Å². The molecule has 2 rings (SSSR count). The summed E-state index contributed by atoms with van der Waals surface area (Å²) in [7, 11) is 0. The van der Waals surface area contributed by atoms with Crippen LogP contribution in [-0.2, 0) is 6.54 Å². The van der Waals surface area contributed by atoms with Crippen LogP contribution in [0.15, 0.2) is 42.5 Å². The molecule has 0 saturated heterocycles. The van der Waals surface area contributed by atoms with Crippen LogP contribution in [0.1, 0.15) is 23.6 Å². The molecular weight excluding hydrogens is 268 g/mol. The smallest absolute Gasteiger partial charge is 0.0992 e. The first-order valence-electron chi connectivity index (χ1n) is 6.64. The van der Waals surface area contributed by atoms with Crippen molar-refractivity contribution in [1.82, 2.24) is 0 Å². The second kappa shape index (κ2) is 6.45. The van der Waals surface area contributed by atoms with Gasteiger partial charge in [-0.2, -0.15) is 5.26 Å². The third-order valence-corrected chi connectivity index (χ3v) is 3.68. The van der Waals surface area contributed by atoms with E-state index in [-0.39, 0.29) is 0 Å². The van der Waals surface area contributed by atoms with Crippen LogP contribution in [0.3, 0.4) is 0 Å². The molecule has 2 aromatic carbocycles. The predicted octanol–water partition coefficient (Wildman–Crippen LogP) is 4.55. The van der Waals surface area contributed by atoms with Crippen LogP contribution in [0.5, 0.6) is 0 Å². The monoisotopic (exact) mass is 284 g/mol. The Hall–Kier alpha value is -1.98. The minimum atomic E-state index is 0.595. The van der Waals surface area contributed by atoms with Crippen LogP contribution >= 0.6 is 11.6 Å². The molecule has 0 aromatic heterocycles. The van der Waals surface area contributed by atoms with E-state index < -0.39 is 0 Å². The maximum absolute atomic E-state index is 8.87. The number of rotatable bonds is 4. The molecule has 3 heteroatoms. The molecule has 2 aromatic rings. The molecule has 0 aliphatic heterocycles. The highest BCUT2D eigenvalue weighted by molar-refractivity contribution is 6.31. The lowest BCUT2D eigenvalue weighted by atomic mass is 10.1. The Labute approximate surface area is 125 Å². The summed E-state index contributed by atoms with van der Waals surface area (Å²) in [6, 6.07) is 16.0. The van der Waals surface area contributed by atoms with E-state index in [1.54, 1.807) is 6.07 Å². The largest absolute Gasteiger partial charge is 0.367 e. The van der Waals surface area contributed by atoms with Gasteiger partial charge in [0.05, 0.1) is 11.6 Å². The molecule has 0 aliphatic rings. The quantitative estimate of drug-likeness (QED) is 0.824. The van der Waals surface area contributed by atoms with Crippen molar-refractivity contribution in [3.8, 4) is 6.07 Å². The second-order valence-electron chi connectivity index (χ2n) is 4.77. The Morgan fingerprint density at radius 2 is 1.85 bits per heavy atom. The summed E-state index contributed by atoms with van der Waals surface area (Å²) in [5, 5.41) is 9.51. The van der Waals surface area contributed by atoms with Crippen molar-refractivity contribution >= 4 is 17.3 Å². The molecule has 0 unspecified atom stereocenters. The van der Waals surface area contributed by atoms with Gasteiger partial charge in [0, 0.05) is 23.8 Å². The van der Waals surface area contributed by atoms with Gasteiger partial charge in [-0.1, -0.05) is 35.4 Å². The molecule has 0 amide bonds. The summed E-state index contributed by atoms with van der Waals surface area (Å²) >= 11 is 6.24. The van der Waals surface area contributed by atoms with E-state index in [0.717, 1.165) is 18.7 Å². The number of benzene rings is 2. The molecule has 0 radical (unpaired) electrons. The predicted molar refractivity (Wildman–Crippen MR) is 84.1 cm³/mol. The maximum Gasteiger partial charge on any atom is 0.0992 e. The minimum absolute atomic E-state index is 0.595. The highest BCUT2D eigenvalue weighted by Crippen LogP contribution is 2.23. The average Bonchev–Trinajstić information content (AvgIpc) is 2.47. The van der Waals surface area contributed by atoms with Crippen molar-refractivity contribution in [2.45, 2.75) is 20.4 Å². The van der Waals surface area contributed by atoms with Crippen molar-refractivity contribution < 1.29 is 0 Å². The van der Waals surface area contributed by atoms with E-state index in [2.05, 4.69) is 49.1 Å². The maximum atomic E-state index is 8.87. The molecule has 0 saturated carbocycles. The van der Waals surface area contributed by atoms with Crippen LogP contribution in [0, 0.1) is 18.3 Å². The van der Waals surface area contributed by atoms with E-state index >= 15 is 0 Å². The highest BCUT2D eigenvalue weighted by Gasteiger charge is 2.08. The van der Waals surface area contributed by atoms with Crippen LogP contribution < -0.4 is 4.90 Å². The number of anilines is 1. The summed E-state index contributed by atoms with van der Waals surface area (Å²) in [5.74, 6) is 0. The van der Waals surface area contributed by atoms with Gasteiger partial charge >= 0.3 is 0 Å². The molecule has 2 nitrogen and oxygen atoms in total. The Morgan fingerprint density at radius 1 is 1.15 bits per heavy atom. The van der Waals surface area contributed by atoms with Crippen molar-refractivity contribution in [3.05, 3.63) is 64.2 Å². The van der Waals surface area contributed by atoms with Crippen LogP contribution in [-0.4, -0.2) is 6.54 Å². The molecular formula is C17H17ClN2. The third-order valence-electron chi connectivity index (χ3n) is 3.32. The molecule has 0 aliphatic carbocycles. The van der Waals surface area contributed by atoms with Crippen molar-refractivity contribution in [2.24, 2.45) is 0 Å². The van der Waals surface area contributed by atoms with Gasteiger partial charge in [-0.25, -0.2) is 0 Å². The van der Waals surface area contributed by atoms with E-state index in [0.29, 0.717) is 10.6 Å². The van der Waals surface area contributed by atoms with Crippen molar-refractivity contribution in [3.63, 3.8) is 0 Å². The fourth-order valence-corrected chi connectivity index (χ4v) is 2.33. The van der Waals surface area contributed by atoms with Gasteiger partial charge in [0.25, 0.3) is 0 Å². The van der Waals surface area contributed by atoms with E-state index in [1.165, 1.54) is 11.3 Å². The lowest BCUT2D eigenvalue weighted by Crippen LogP contribution is -2.22. The van der Waals surface area contributed by atoms with Crippen LogP contribution in [0.25, 0.3) is 0 Å². The third kappa shape index (κ3) is 3.31. The normalized spacial score (nSPS) is 10.1. The number of aryl methyl sites for hydroxylation is 1. The number of hydrogen-bond donors (Lipinski definition) is 0. The van der Waals surface area contributed by atoms with Gasteiger partial charge in [0.15, 0.2) is 0 Å². The van der Waals surface area contributed by atoms with E-state index in [9.17, 15) is 0 Å². The van der Waals surface area contributed by atoms with Crippen molar-refractivity contribution in [2.75, 3.05) is 11.4 Å². The Balaban J connectivity index is 2.22. The SMILES string of the molecule is CCN(Cc1ccc(C#N)cc1Cl)c1ccc(C)cc1. The highest BCUT2D eigenvalue weighted by atomic mass is 35.5. The first kappa shape index (κ1) is 14.4. The zero-order valence-corrected chi connectivity index (χ0v) is 12.5. The molecule has 0 heterocycles. The fraction of sp³-hybridized carbons (Fsp3) is 0.235. The lowest BCUT2D eigenvalue weighted by molar-refractivity contribution is 0.832. The Morgan fingerprint density at radius 3 is 2.40 bits per heavy atom. The number of nitriles is 1. The molecule has 0 atom stereocenters. The van der Waals surface area contributed by atoms with E-state index in [4.69, 9.17) is 16.9 Å².